The van der Waals surface area contributed by atoms with E-state index in [4.69, 9.17) is 0 Å². The third-order valence-corrected chi connectivity index (χ3v) is 15.0. The summed E-state index contributed by atoms with van der Waals surface area (Å²) in [5.41, 5.74) is 11.4. The van der Waals surface area contributed by atoms with Gasteiger partial charge in [0.05, 0.1) is 0 Å². The molecule has 274 valence electrons. The number of aryl methyl sites for hydroxylation is 1. The summed E-state index contributed by atoms with van der Waals surface area (Å²) in [6.07, 6.45) is 20.4. The summed E-state index contributed by atoms with van der Waals surface area (Å²) >= 11 is 5.76. The van der Waals surface area contributed by atoms with E-state index in [0.29, 0.717) is 0 Å². The van der Waals surface area contributed by atoms with E-state index < -0.39 is 0 Å². The van der Waals surface area contributed by atoms with Crippen molar-refractivity contribution in [1.82, 2.24) is 0 Å². The van der Waals surface area contributed by atoms with Crippen LogP contribution in [0.15, 0.2) is 104 Å². The topological polar surface area (TPSA) is 0 Å². The lowest BCUT2D eigenvalue weighted by molar-refractivity contribution is 0.398. The van der Waals surface area contributed by atoms with E-state index >= 15 is 0 Å². The molecule has 0 aliphatic heterocycles. The standard InChI is InChI=1S/C50H56S3/c1-5-8-10-12-14-16-32-50(33-17-15-13-11-9-6-2)43-34-39(46-27-18-36(4)51-46)23-25-41(43)42-26-24-40(35-44(42)50)47-29-31-49(53-47)48-30-28-45(52-48)38-21-19-37(7-3)20-22-38/h7,18-31,34-35H,3,5-6,8-17,32-33H2,1-2,4H3. The first kappa shape index (κ1) is 37.8. The van der Waals surface area contributed by atoms with Gasteiger partial charge in [-0.1, -0.05) is 152 Å². The first-order chi connectivity index (χ1) is 26.0. The minimum absolute atomic E-state index is 0.0579. The molecule has 3 heterocycles. The monoisotopic (exact) mass is 752 g/mol. The molecule has 3 heteroatoms. The number of rotatable bonds is 19. The van der Waals surface area contributed by atoms with E-state index in [1.54, 1.807) is 11.1 Å². The van der Waals surface area contributed by atoms with Gasteiger partial charge in [0.1, 0.15) is 0 Å². The maximum absolute atomic E-state index is 3.91. The highest BCUT2D eigenvalue weighted by Crippen LogP contribution is 2.56. The summed E-state index contributed by atoms with van der Waals surface area (Å²) in [6, 6.07) is 37.6. The summed E-state index contributed by atoms with van der Waals surface area (Å²) in [5, 5.41) is 0. The molecule has 0 atom stereocenters. The van der Waals surface area contributed by atoms with Gasteiger partial charge in [0, 0.05) is 34.7 Å². The number of unbranched alkanes of at least 4 members (excludes halogenated alkanes) is 10. The van der Waals surface area contributed by atoms with E-state index in [-0.39, 0.29) is 5.41 Å². The van der Waals surface area contributed by atoms with Gasteiger partial charge < -0.3 is 0 Å². The lowest BCUT2D eigenvalue weighted by Gasteiger charge is -2.33. The van der Waals surface area contributed by atoms with E-state index in [1.165, 1.54) is 147 Å². The Morgan fingerprint density at radius 1 is 0.472 bits per heavy atom. The predicted octanol–water partition coefficient (Wildman–Crippen LogP) is 17.3. The average molecular weight is 753 g/mol. The zero-order valence-electron chi connectivity index (χ0n) is 32.1. The molecule has 0 unspecified atom stereocenters. The van der Waals surface area contributed by atoms with Crippen LogP contribution in [0.5, 0.6) is 0 Å². The Balaban J connectivity index is 1.23. The molecule has 7 rings (SSSR count). The predicted molar refractivity (Wildman–Crippen MR) is 239 cm³/mol. The Hall–Kier alpha value is -3.50. The van der Waals surface area contributed by atoms with Crippen molar-refractivity contribution in [3.63, 3.8) is 0 Å². The molecule has 1 aliphatic carbocycles. The van der Waals surface area contributed by atoms with E-state index in [2.05, 4.69) is 124 Å². The Morgan fingerprint density at radius 2 is 0.906 bits per heavy atom. The summed E-state index contributed by atoms with van der Waals surface area (Å²) < 4.78 is 0. The van der Waals surface area contributed by atoms with Crippen molar-refractivity contribution in [2.24, 2.45) is 0 Å². The number of benzene rings is 3. The van der Waals surface area contributed by atoms with Crippen molar-refractivity contribution in [2.75, 3.05) is 0 Å². The fourth-order valence-corrected chi connectivity index (χ4v) is 11.5. The van der Waals surface area contributed by atoms with Gasteiger partial charge in [0.25, 0.3) is 0 Å². The van der Waals surface area contributed by atoms with Crippen LogP contribution in [-0.2, 0) is 5.41 Å². The molecule has 1 aliphatic rings. The lowest BCUT2D eigenvalue weighted by atomic mass is 9.70. The molecule has 0 nitrogen and oxygen atoms in total. The number of hydrogen-bond donors (Lipinski definition) is 0. The van der Waals surface area contributed by atoms with Crippen LogP contribution in [0, 0.1) is 6.92 Å². The maximum Gasteiger partial charge on any atom is 0.0449 e. The molecule has 53 heavy (non-hydrogen) atoms. The van der Waals surface area contributed by atoms with E-state index in [0.717, 1.165) is 5.56 Å². The Morgan fingerprint density at radius 3 is 1.40 bits per heavy atom. The number of thiophene rings is 3. The van der Waals surface area contributed by atoms with Gasteiger partial charge in [-0.15, -0.1) is 34.0 Å². The van der Waals surface area contributed by atoms with Crippen molar-refractivity contribution in [2.45, 2.75) is 116 Å². The lowest BCUT2D eigenvalue weighted by Crippen LogP contribution is -2.25. The molecule has 3 aromatic carbocycles. The summed E-state index contributed by atoms with van der Waals surface area (Å²) in [5.74, 6) is 0. The second-order valence-corrected chi connectivity index (χ2v) is 18.7. The van der Waals surface area contributed by atoms with Crippen LogP contribution in [0.2, 0.25) is 0 Å². The van der Waals surface area contributed by atoms with Crippen molar-refractivity contribution in [1.29, 1.82) is 0 Å². The second kappa shape index (κ2) is 17.8. The van der Waals surface area contributed by atoms with Crippen molar-refractivity contribution in [3.05, 3.63) is 125 Å². The molecule has 0 spiro atoms. The molecule has 6 aromatic rings. The third kappa shape index (κ3) is 8.44. The van der Waals surface area contributed by atoms with Gasteiger partial charge in [-0.25, -0.2) is 0 Å². The molecule has 0 fully saturated rings. The zero-order valence-corrected chi connectivity index (χ0v) is 34.6. The highest BCUT2D eigenvalue weighted by Gasteiger charge is 2.42. The minimum Gasteiger partial charge on any atom is -0.141 e. The fourth-order valence-electron chi connectivity index (χ4n) is 8.50. The van der Waals surface area contributed by atoms with Crippen LogP contribution < -0.4 is 0 Å². The van der Waals surface area contributed by atoms with Gasteiger partial charge in [0.15, 0.2) is 0 Å². The first-order valence-corrected chi connectivity index (χ1v) is 22.8. The smallest absolute Gasteiger partial charge is 0.0449 e. The quantitative estimate of drug-likeness (QED) is 0.0723. The summed E-state index contributed by atoms with van der Waals surface area (Å²) in [4.78, 5) is 8.15. The van der Waals surface area contributed by atoms with Crippen LogP contribution >= 0.6 is 34.0 Å². The van der Waals surface area contributed by atoms with Crippen LogP contribution in [0.4, 0.5) is 0 Å². The van der Waals surface area contributed by atoms with E-state index in [1.807, 2.05) is 40.1 Å². The van der Waals surface area contributed by atoms with Gasteiger partial charge in [-0.2, -0.15) is 0 Å². The SMILES string of the molecule is C=Cc1ccc(-c2ccc(-c3ccc(-c4ccc5c(c4)C(CCCCCCCC)(CCCCCCCC)c4cc(-c6ccc(C)s6)ccc4-5)s3)s2)cc1. The molecule has 0 saturated carbocycles. The van der Waals surface area contributed by atoms with Crippen molar-refractivity contribution in [3.8, 4) is 52.2 Å². The highest BCUT2D eigenvalue weighted by molar-refractivity contribution is 7.25. The third-order valence-electron chi connectivity index (χ3n) is 11.5. The fraction of sp³-hybridized carbons (Fsp3) is 0.360. The van der Waals surface area contributed by atoms with E-state index in [9.17, 15) is 0 Å². The van der Waals surface area contributed by atoms with Crippen LogP contribution in [0.3, 0.4) is 0 Å². The van der Waals surface area contributed by atoms with Gasteiger partial charge in [-0.3, -0.25) is 0 Å². The zero-order chi connectivity index (χ0) is 36.6. The highest BCUT2D eigenvalue weighted by atomic mass is 32.1. The van der Waals surface area contributed by atoms with Crippen LogP contribution in [0.25, 0.3) is 58.3 Å². The van der Waals surface area contributed by atoms with Crippen molar-refractivity contribution < 1.29 is 0 Å². The molecule has 0 radical (unpaired) electrons. The average Bonchev–Trinajstić information content (AvgIpc) is 4.01. The molecule has 3 aromatic heterocycles. The Bertz CT molecular complexity index is 2080. The van der Waals surface area contributed by atoms with Gasteiger partial charge in [-0.05, 0) is 113 Å². The summed E-state index contributed by atoms with van der Waals surface area (Å²) in [6.45, 7) is 10.8. The van der Waals surface area contributed by atoms with Gasteiger partial charge >= 0.3 is 0 Å². The van der Waals surface area contributed by atoms with Crippen LogP contribution in [0.1, 0.15) is 125 Å². The molecular weight excluding hydrogens is 697 g/mol. The molecular formula is C50H56S3. The second-order valence-electron chi connectivity index (χ2n) is 15.2. The molecule has 0 bridgehead atoms. The van der Waals surface area contributed by atoms with Crippen molar-refractivity contribution >= 4 is 40.1 Å². The molecule has 0 saturated heterocycles. The van der Waals surface area contributed by atoms with Gasteiger partial charge in [0.2, 0.25) is 0 Å². The maximum atomic E-state index is 3.91. The normalized spacial score (nSPS) is 13.0. The Kier molecular flexibility index (Phi) is 12.7. The Labute approximate surface area is 331 Å². The first-order valence-electron chi connectivity index (χ1n) is 20.3. The number of fused-ring (bicyclic) bond motifs is 3. The molecule has 0 amide bonds. The largest absolute Gasteiger partial charge is 0.141 e. The molecule has 0 N–H and O–H groups in total. The summed E-state index contributed by atoms with van der Waals surface area (Å²) in [7, 11) is 0. The minimum atomic E-state index is 0.0579. The van der Waals surface area contributed by atoms with Crippen LogP contribution in [-0.4, -0.2) is 0 Å². The number of hydrogen-bond acceptors (Lipinski definition) is 3.